The summed E-state index contributed by atoms with van der Waals surface area (Å²) >= 11 is 0. The van der Waals surface area contributed by atoms with Crippen molar-refractivity contribution >= 4 is 11.8 Å². The van der Waals surface area contributed by atoms with E-state index in [1.165, 1.54) is 28.5 Å². The Hall–Kier alpha value is -2.74. The Balaban J connectivity index is 1.38. The quantitative estimate of drug-likeness (QED) is 0.780. The molecule has 3 heterocycles. The number of benzene rings is 1. The van der Waals surface area contributed by atoms with Crippen LogP contribution in [0, 0.1) is 0 Å². The zero-order valence-electron chi connectivity index (χ0n) is 14.5. The van der Waals surface area contributed by atoms with E-state index < -0.39 is 6.10 Å². The Labute approximate surface area is 151 Å². The highest BCUT2D eigenvalue weighted by Gasteiger charge is 2.33. The van der Waals surface area contributed by atoms with E-state index in [0.717, 1.165) is 6.42 Å². The van der Waals surface area contributed by atoms with Gasteiger partial charge < -0.3 is 14.5 Å². The van der Waals surface area contributed by atoms with Crippen LogP contribution in [0.25, 0.3) is 0 Å². The van der Waals surface area contributed by atoms with E-state index >= 15 is 0 Å². The van der Waals surface area contributed by atoms with Gasteiger partial charge in [0, 0.05) is 19.6 Å². The van der Waals surface area contributed by atoms with Gasteiger partial charge in [0.1, 0.15) is 19.2 Å². The Morgan fingerprint density at radius 3 is 2.81 bits per heavy atom. The molecule has 2 aliphatic heterocycles. The molecule has 8 nitrogen and oxygen atoms in total. The molecule has 1 saturated heterocycles. The molecule has 26 heavy (non-hydrogen) atoms. The first-order valence-corrected chi connectivity index (χ1v) is 8.78. The summed E-state index contributed by atoms with van der Waals surface area (Å²) in [7, 11) is 0. The molecule has 1 atom stereocenters. The van der Waals surface area contributed by atoms with Gasteiger partial charge in [-0.15, -0.1) is 0 Å². The summed E-state index contributed by atoms with van der Waals surface area (Å²) in [4.78, 5) is 32.7. The van der Waals surface area contributed by atoms with E-state index in [-0.39, 0.29) is 24.9 Å². The van der Waals surface area contributed by atoms with E-state index in [9.17, 15) is 9.59 Å². The second-order valence-electron chi connectivity index (χ2n) is 6.57. The molecule has 4 rings (SSSR count). The number of morpholine rings is 1. The van der Waals surface area contributed by atoms with Crippen LogP contribution in [0.5, 0.6) is 0 Å². The Morgan fingerprint density at radius 2 is 2.00 bits per heavy atom. The molecule has 1 aromatic carbocycles. The largest absolute Gasteiger partial charge is 0.365 e. The number of fused-ring (bicyclic) bond motifs is 1. The summed E-state index contributed by atoms with van der Waals surface area (Å²) in [5.41, 5.74) is 2.48. The van der Waals surface area contributed by atoms with E-state index in [1.54, 1.807) is 4.90 Å². The van der Waals surface area contributed by atoms with Crippen LogP contribution in [0.1, 0.15) is 11.1 Å². The maximum Gasteiger partial charge on any atom is 0.253 e. The summed E-state index contributed by atoms with van der Waals surface area (Å²) in [5.74, 6) is -0.127. The van der Waals surface area contributed by atoms with Crippen molar-refractivity contribution in [1.29, 1.82) is 0 Å². The van der Waals surface area contributed by atoms with Crippen molar-refractivity contribution in [3.63, 3.8) is 0 Å². The van der Waals surface area contributed by atoms with Crippen LogP contribution in [0.3, 0.4) is 0 Å². The molecule has 1 fully saturated rings. The van der Waals surface area contributed by atoms with E-state index in [2.05, 4.69) is 22.2 Å². The number of aromatic nitrogens is 3. The molecule has 0 spiro atoms. The van der Waals surface area contributed by atoms with Crippen LogP contribution < -0.4 is 0 Å². The van der Waals surface area contributed by atoms with Crippen molar-refractivity contribution in [2.24, 2.45) is 0 Å². The van der Waals surface area contributed by atoms with Gasteiger partial charge in [-0.3, -0.25) is 9.59 Å². The Kier molecular flexibility index (Phi) is 4.66. The van der Waals surface area contributed by atoms with Crippen molar-refractivity contribution in [3.8, 4) is 0 Å². The molecule has 136 valence electrons. The molecule has 8 heteroatoms. The predicted octanol–water partition coefficient (Wildman–Crippen LogP) is 0.0904. The molecular weight excluding hydrogens is 334 g/mol. The molecule has 2 aromatic rings. The molecule has 2 aliphatic rings. The number of nitrogens with zero attached hydrogens (tertiary/aromatic N) is 5. The van der Waals surface area contributed by atoms with Crippen molar-refractivity contribution in [2.45, 2.75) is 25.6 Å². The second-order valence-corrected chi connectivity index (χ2v) is 6.57. The van der Waals surface area contributed by atoms with Gasteiger partial charge in [-0.2, -0.15) is 5.10 Å². The summed E-state index contributed by atoms with van der Waals surface area (Å²) in [6, 6.07) is 8.19. The predicted molar refractivity (Wildman–Crippen MR) is 91.9 cm³/mol. The van der Waals surface area contributed by atoms with Gasteiger partial charge in [-0.05, 0) is 17.5 Å². The van der Waals surface area contributed by atoms with Gasteiger partial charge in [-0.1, -0.05) is 24.3 Å². The van der Waals surface area contributed by atoms with Crippen LogP contribution in [0.4, 0.5) is 0 Å². The van der Waals surface area contributed by atoms with E-state index in [0.29, 0.717) is 26.2 Å². The number of hydrogen-bond donors (Lipinski definition) is 0. The highest BCUT2D eigenvalue weighted by atomic mass is 16.5. The molecule has 1 unspecified atom stereocenters. The first kappa shape index (κ1) is 16.7. The van der Waals surface area contributed by atoms with Crippen molar-refractivity contribution in [3.05, 3.63) is 48.0 Å². The fraction of sp³-hybridized carbons (Fsp3) is 0.444. The Bertz CT molecular complexity index is 792. The molecule has 0 N–H and O–H groups in total. The van der Waals surface area contributed by atoms with Crippen LogP contribution in [-0.2, 0) is 33.8 Å². The van der Waals surface area contributed by atoms with Gasteiger partial charge in [-0.25, -0.2) is 9.67 Å². The maximum atomic E-state index is 12.9. The molecule has 0 aliphatic carbocycles. The lowest BCUT2D eigenvalue weighted by Gasteiger charge is -2.36. The molecular formula is C18H21N5O3. The fourth-order valence-electron chi connectivity index (χ4n) is 3.47. The minimum absolute atomic E-state index is 0.0437. The smallest absolute Gasteiger partial charge is 0.253 e. The monoisotopic (exact) mass is 355 g/mol. The minimum Gasteiger partial charge on any atom is -0.365 e. The zero-order chi connectivity index (χ0) is 17.9. The number of hydrogen-bond acceptors (Lipinski definition) is 5. The van der Waals surface area contributed by atoms with Crippen molar-refractivity contribution in [2.75, 3.05) is 26.2 Å². The maximum absolute atomic E-state index is 12.9. The average Bonchev–Trinajstić information content (AvgIpc) is 3.20. The van der Waals surface area contributed by atoms with E-state index in [1.807, 2.05) is 17.0 Å². The standard InChI is InChI=1S/C18H21N5O3/c24-17(11-23-13-19-12-20-23)21-7-8-26-16(10-21)18(25)22-6-5-14-3-1-2-4-15(14)9-22/h1-4,12-13,16H,5-11H2. The van der Waals surface area contributed by atoms with Crippen LogP contribution in [0.15, 0.2) is 36.9 Å². The Morgan fingerprint density at radius 1 is 1.15 bits per heavy atom. The lowest BCUT2D eigenvalue weighted by molar-refractivity contribution is -0.155. The van der Waals surface area contributed by atoms with Crippen LogP contribution in [-0.4, -0.2) is 68.7 Å². The van der Waals surface area contributed by atoms with E-state index in [4.69, 9.17) is 4.74 Å². The van der Waals surface area contributed by atoms with Gasteiger partial charge in [0.15, 0.2) is 6.10 Å². The first-order chi connectivity index (χ1) is 12.7. The summed E-state index contributed by atoms with van der Waals surface area (Å²) in [5, 5.41) is 3.95. The van der Waals surface area contributed by atoms with Crippen molar-refractivity contribution < 1.29 is 14.3 Å². The molecule has 0 bridgehead atoms. The minimum atomic E-state index is -0.603. The van der Waals surface area contributed by atoms with Crippen LogP contribution in [0.2, 0.25) is 0 Å². The second kappa shape index (κ2) is 7.25. The number of rotatable bonds is 3. The summed E-state index contributed by atoms with van der Waals surface area (Å²) < 4.78 is 7.16. The zero-order valence-corrected chi connectivity index (χ0v) is 14.5. The third kappa shape index (κ3) is 3.45. The lowest BCUT2D eigenvalue weighted by Crippen LogP contribution is -2.53. The van der Waals surface area contributed by atoms with Gasteiger partial charge >= 0.3 is 0 Å². The fourth-order valence-corrected chi connectivity index (χ4v) is 3.47. The van der Waals surface area contributed by atoms with Crippen molar-refractivity contribution in [1.82, 2.24) is 24.6 Å². The topological polar surface area (TPSA) is 80.6 Å². The van der Waals surface area contributed by atoms with Gasteiger partial charge in [0.2, 0.25) is 5.91 Å². The number of amides is 2. The first-order valence-electron chi connectivity index (χ1n) is 8.78. The van der Waals surface area contributed by atoms with Gasteiger partial charge in [0.05, 0.1) is 13.2 Å². The average molecular weight is 355 g/mol. The molecule has 2 amide bonds. The molecule has 0 saturated carbocycles. The highest BCUT2D eigenvalue weighted by Crippen LogP contribution is 2.20. The molecule has 0 radical (unpaired) electrons. The third-order valence-corrected chi connectivity index (χ3v) is 4.90. The normalized spacial score (nSPS) is 19.9. The highest BCUT2D eigenvalue weighted by molar-refractivity contribution is 5.83. The third-order valence-electron chi connectivity index (χ3n) is 4.90. The van der Waals surface area contributed by atoms with Crippen LogP contribution >= 0.6 is 0 Å². The van der Waals surface area contributed by atoms with Gasteiger partial charge in [0.25, 0.3) is 5.91 Å². The lowest BCUT2D eigenvalue weighted by atomic mass is 9.99. The molecule has 1 aromatic heterocycles. The number of carbonyl (C=O) groups is 2. The number of carbonyl (C=O) groups excluding carboxylic acids is 2. The number of ether oxygens (including phenoxy) is 1. The SMILES string of the molecule is O=C(Cn1cncn1)N1CCOC(C(=O)N2CCc3ccccc3C2)C1. The summed E-state index contributed by atoms with van der Waals surface area (Å²) in [6.45, 7) is 2.54. The summed E-state index contributed by atoms with van der Waals surface area (Å²) in [6.07, 6.45) is 3.15.